The molecule has 1 rings (SSSR count). The van der Waals surface area contributed by atoms with Gasteiger partial charge in [-0.15, -0.1) is 0 Å². The van der Waals surface area contributed by atoms with Crippen LogP contribution in [0.25, 0.3) is 0 Å². The Kier molecular flexibility index (Phi) is 3.52. The van der Waals surface area contributed by atoms with Gasteiger partial charge in [0.1, 0.15) is 0 Å². The van der Waals surface area contributed by atoms with E-state index in [1.807, 2.05) is 0 Å². The van der Waals surface area contributed by atoms with Crippen LogP contribution < -0.4 is 0 Å². The Morgan fingerprint density at radius 2 is 1.60 bits per heavy atom. The average Bonchev–Trinajstić information content (AvgIpc) is 1.99. The first-order valence-electron chi connectivity index (χ1n) is 6.05. The fraction of sp³-hybridized carbons (Fsp3) is 1.00. The van der Waals surface area contributed by atoms with E-state index in [2.05, 4.69) is 46.4 Å². The van der Waals surface area contributed by atoms with Crippen molar-refractivity contribution in [2.45, 2.75) is 59.6 Å². The third-order valence-electron chi connectivity index (χ3n) is 3.64. The highest BCUT2D eigenvalue weighted by Crippen LogP contribution is 2.36. The van der Waals surface area contributed by atoms with Crippen LogP contribution in [0.2, 0.25) is 0 Å². The zero-order chi connectivity index (χ0) is 11.9. The second-order valence-corrected chi connectivity index (χ2v) is 6.95. The van der Waals surface area contributed by atoms with Crippen LogP contribution in [0.15, 0.2) is 0 Å². The molecule has 1 saturated heterocycles. The Morgan fingerprint density at radius 3 is 1.93 bits per heavy atom. The first kappa shape index (κ1) is 13.0. The smallest absolute Gasteiger partial charge is 0.0700 e. The second kappa shape index (κ2) is 4.06. The van der Waals surface area contributed by atoms with Crippen LogP contribution >= 0.6 is 0 Å². The van der Waals surface area contributed by atoms with E-state index < -0.39 is 0 Å². The molecule has 0 spiro atoms. The molecular formula is C13H27NO. The van der Waals surface area contributed by atoms with Crippen LogP contribution in [0.3, 0.4) is 0 Å². The Balaban J connectivity index is 2.64. The average molecular weight is 213 g/mol. The van der Waals surface area contributed by atoms with E-state index >= 15 is 0 Å². The predicted molar refractivity (Wildman–Crippen MR) is 64.9 cm³/mol. The lowest BCUT2D eigenvalue weighted by Gasteiger charge is -2.47. The monoisotopic (exact) mass is 213 g/mol. The van der Waals surface area contributed by atoms with Gasteiger partial charge >= 0.3 is 0 Å². The van der Waals surface area contributed by atoms with Crippen LogP contribution in [0.5, 0.6) is 0 Å². The van der Waals surface area contributed by atoms with Gasteiger partial charge < -0.3 is 5.11 Å². The molecule has 1 N–H and O–H groups in total. The minimum atomic E-state index is -0.169. The molecule has 1 heterocycles. The molecule has 0 saturated carbocycles. The SMILES string of the molecule is CC(C)(C)C1CCN(C(C)(C)C)C[C@@H]1O. The van der Waals surface area contributed by atoms with E-state index in [1.54, 1.807) is 0 Å². The number of aliphatic hydroxyl groups is 1. The van der Waals surface area contributed by atoms with Crippen LogP contribution in [0, 0.1) is 11.3 Å². The molecule has 0 aromatic rings. The van der Waals surface area contributed by atoms with Gasteiger partial charge in [-0.3, -0.25) is 4.90 Å². The summed E-state index contributed by atoms with van der Waals surface area (Å²) in [5.74, 6) is 0.441. The van der Waals surface area contributed by atoms with Gasteiger partial charge in [0.15, 0.2) is 0 Å². The van der Waals surface area contributed by atoms with Crippen molar-refractivity contribution in [3.63, 3.8) is 0 Å². The number of hydrogen-bond donors (Lipinski definition) is 1. The van der Waals surface area contributed by atoms with Crippen molar-refractivity contribution in [1.82, 2.24) is 4.90 Å². The minimum absolute atomic E-state index is 0.169. The zero-order valence-corrected chi connectivity index (χ0v) is 11.2. The van der Waals surface area contributed by atoms with Crippen molar-refractivity contribution in [3.8, 4) is 0 Å². The molecular weight excluding hydrogens is 186 g/mol. The molecule has 0 bridgehead atoms. The highest BCUT2D eigenvalue weighted by atomic mass is 16.3. The molecule has 1 fully saturated rings. The van der Waals surface area contributed by atoms with Gasteiger partial charge in [0.2, 0.25) is 0 Å². The van der Waals surface area contributed by atoms with E-state index in [-0.39, 0.29) is 17.1 Å². The van der Waals surface area contributed by atoms with Gasteiger partial charge in [0.05, 0.1) is 6.10 Å². The maximum atomic E-state index is 10.2. The van der Waals surface area contributed by atoms with Crippen LogP contribution in [0.4, 0.5) is 0 Å². The van der Waals surface area contributed by atoms with Crippen molar-refractivity contribution in [1.29, 1.82) is 0 Å². The predicted octanol–water partition coefficient (Wildman–Crippen LogP) is 2.51. The zero-order valence-electron chi connectivity index (χ0n) is 11.2. The number of likely N-dealkylation sites (tertiary alicyclic amines) is 1. The van der Waals surface area contributed by atoms with Crippen molar-refractivity contribution >= 4 is 0 Å². The van der Waals surface area contributed by atoms with Gasteiger partial charge in [-0.05, 0) is 45.1 Å². The molecule has 15 heavy (non-hydrogen) atoms. The number of hydrogen-bond acceptors (Lipinski definition) is 2. The second-order valence-electron chi connectivity index (χ2n) is 6.95. The first-order chi connectivity index (χ1) is 6.62. The molecule has 0 aromatic heterocycles. The van der Waals surface area contributed by atoms with Crippen LogP contribution in [-0.4, -0.2) is 34.7 Å². The Bertz CT molecular complexity index is 212. The lowest BCUT2D eigenvalue weighted by Crippen LogP contribution is -2.54. The standard InChI is InChI=1S/C13H27NO/c1-12(2,3)10-7-8-14(9-11(10)15)13(4,5)6/h10-11,15H,7-9H2,1-6H3/t10?,11-/m0/s1. The molecule has 0 radical (unpaired) electrons. The lowest BCUT2D eigenvalue weighted by molar-refractivity contribution is -0.0501. The molecule has 1 aliphatic rings. The highest BCUT2D eigenvalue weighted by Gasteiger charge is 2.38. The summed E-state index contributed by atoms with van der Waals surface area (Å²) in [5.41, 5.74) is 0.410. The summed E-state index contributed by atoms with van der Waals surface area (Å²) < 4.78 is 0. The molecule has 90 valence electrons. The lowest BCUT2D eigenvalue weighted by atomic mass is 9.73. The molecule has 2 nitrogen and oxygen atoms in total. The molecule has 1 aliphatic heterocycles. The van der Waals surface area contributed by atoms with E-state index in [9.17, 15) is 5.11 Å². The van der Waals surface area contributed by atoms with E-state index in [1.165, 1.54) is 0 Å². The molecule has 1 unspecified atom stereocenters. The molecule has 2 atom stereocenters. The fourth-order valence-electron chi connectivity index (χ4n) is 2.55. The van der Waals surface area contributed by atoms with Gasteiger partial charge in [0, 0.05) is 12.1 Å². The number of piperidine rings is 1. The summed E-state index contributed by atoms with van der Waals surface area (Å²) in [6, 6.07) is 0. The number of aliphatic hydroxyl groups excluding tert-OH is 1. The van der Waals surface area contributed by atoms with Crippen molar-refractivity contribution in [3.05, 3.63) is 0 Å². The molecule has 2 heteroatoms. The van der Waals surface area contributed by atoms with Gasteiger partial charge in [-0.2, -0.15) is 0 Å². The third-order valence-corrected chi connectivity index (χ3v) is 3.64. The van der Waals surface area contributed by atoms with Gasteiger partial charge in [-0.25, -0.2) is 0 Å². The van der Waals surface area contributed by atoms with E-state index in [4.69, 9.17) is 0 Å². The van der Waals surface area contributed by atoms with Crippen molar-refractivity contribution in [2.75, 3.05) is 13.1 Å². The maximum Gasteiger partial charge on any atom is 0.0700 e. The maximum absolute atomic E-state index is 10.2. The molecule has 0 aliphatic carbocycles. The topological polar surface area (TPSA) is 23.5 Å². The van der Waals surface area contributed by atoms with Crippen LogP contribution in [-0.2, 0) is 0 Å². The number of nitrogens with zero attached hydrogens (tertiary/aromatic N) is 1. The van der Waals surface area contributed by atoms with Crippen molar-refractivity contribution in [2.24, 2.45) is 11.3 Å². The first-order valence-corrected chi connectivity index (χ1v) is 6.05. The van der Waals surface area contributed by atoms with Gasteiger partial charge in [-0.1, -0.05) is 20.8 Å². The normalized spacial score (nSPS) is 30.6. The highest BCUT2D eigenvalue weighted by molar-refractivity contribution is 4.90. The molecule has 0 amide bonds. The minimum Gasteiger partial charge on any atom is -0.391 e. The van der Waals surface area contributed by atoms with Crippen molar-refractivity contribution < 1.29 is 5.11 Å². The summed E-state index contributed by atoms with van der Waals surface area (Å²) >= 11 is 0. The quantitative estimate of drug-likeness (QED) is 0.668. The van der Waals surface area contributed by atoms with E-state index in [0.29, 0.717) is 5.92 Å². The summed E-state index contributed by atoms with van der Waals surface area (Å²) in [4.78, 5) is 2.39. The molecule has 0 aromatic carbocycles. The number of β-amino-alcohol motifs (C(OH)–C–C–N with tert-alkyl or cyclic N) is 1. The Morgan fingerprint density at radius 1 is 1.07 bits per heavy atom. The van der Waals surface area contributed by atoms with Gasteiger partial charge in [0.25, 0.3) is 0 Å². The Labute approximate surface area is 94.7 Å². The van der Waals surface area contributed by atoms with E-state index in [0.717, 1.165) is 19.5 Å². The third kappa shape index (κ3) is 3.18. The Hall–Kier alpha value is -0.0800. The summed E-state index contributed by atoms with van der Waals surface area (Å²) in [5, 5.41) is 10.2. The summed E-state index contributed by atoms with van der Waals surface area (Å²) in [6.07, 6.45) is 0.944. The number of rotatable bonds is 0. The van der Waals surface area contributed by atoms with Crippen LogP contribution in [0.1, 0.15) is 48.0 Å². The fourth-order valence-corrected chi connectivity index (χ4v) is 2.55. The summed E-state index contributed by atoms with van der Waals surface area (Å²) in [7, 11) is 0. The largest absolute Gasteiger partial charge is 0.391 e. The summed E-state index contributed by atoms with van der Waals surface area (Å²) in [6.45, 7) is 15.3.